The number of para-hydroxylation sites is 1. The fourth-order valence-electron chi connectivity index (χ4n) is 2.98. The molecule has 1 heterocycles. The number of hydrogen-bond donors (Lipinski definition) is 2. The van der Waals surface area contributed by atoms with Crippen molar-refractivity contribution in [3.63, 3.8) is 0 Å². The molecule has 2 N–H and O–H groups in total. The summed E-state index contributed by atoms with van der Waals surface area (Å²) in [5.41, 5.74) is 0.650. The average molecular weight is 381 g/mol. The van der Waals surface area contributed by atoms with E-state index in [-0.39, 0.29) is 5.82 Å². The number of anilines is 1. The predicted molar refractivity (Wildman–Crippen MR) is 108 cm³/mol. The van der Waals surface area contributed by atoms with E-state index in [1.807, 2.05) is 19.1 Å². The van der Waals surface area contributed by atoms with Crippen molar-refractivity contribution in [2.24, 2.45) is 10.9 Å². The number of nitrogens with one attached hydrogen (secondary N) is 1. The van der Waals surface area contributed by atoms with Gasteiger partial charge in [-0.2, -0.15) is 0 Å². The minimum absolute atomic E-state index is 0.184. The highest BCUT2D eigenvalue weighted by atomic mass is 19.1. The molecule has 1 aromatic carbocycles. The zero-order valence-corrected chi connectivity index (χ0v) is 16.7. The Kier molecular flexibility index (Phi) is 8.81. The molecule has 0 amide bonds. The Bertz CT molecular complexity index is 589. The van der Waals surface area contributed by atoms with Crippen LogP contribution in [0, 0.1) is 11.7 Å². The number of ether oxygens (including phenoxy) is 1. The molecule has 27 heavy (non-hydrogen) atoms. The third-order valence-electron chi connectivity index (χ3n) is 4.32. The molecule has 2 rings (SSSR count). The Balaban J connectivity index is 1.87. The summed E-state index contributed by atoms with van der Waals surface area (Å²) in [5.74, 6) is 1.05. The van der Waals surface area contributed by atoms with E-state index < -0.39 is 6.10 Å². The van der Waals surface area contributed by atoms with Crippen LogP contribution >= 0.6 is 0 Å². The van der Waals surface area contributed by atoms with Crippen molar-refractivity contribution < 1.29 is 14.2 Å². The highest BCUT2D eigenvalue weighted by Gasteiger charge is 2.21. The molecule has 1 aliphatic rings. The van der Waals surface area contributed by atoms with Gasteiger partial charge in [-0.15, -0.1) is 0 Å². The Morgan fingerprint density at radius 3 is 2.56 bits per heavy atom. The summed E-state index contributed by atoms with van der Waals surface area (Å²) in [6.07, 6.45) is -0.614. The number of hydrogen-bond acceptors (Lipinski definition) is 4. The quantitative estimate of drug-likeness (QED) is 0.533. The molecule has 0 bridgehead atoms. The van der Waals surface area contributed by atoms with Gasteiger partial charge in [-0.3, -0.25) is 4.99 Å². The van der Waals surface area contributed by atoms with Crippen molar-refractivity contribution in [3.05, 3.63) is 30.1 Å². The van der Waals surface area contributed by atoms with Crippen LogP contribution in [0.25, 0.3) is 0 Å². The number of benzene rings is 1. The first-order chi connectivity index (χ1) is 13.0. The van der Waals surface area contributed by atoms with Gasteiger partial charge in [-0.1, -0.05) is 26.0 Å². The Hall–Kier alpha value is -1.86. The van der Waals surface area contributed by atoms with Gasteiger partial charge >= 0.3 is 0 Å². The summed E-state index contributed by atoms with van der Waals surface area (Å²) in [6, 6.07) is 6.88. The molecule has 1 saturated heterocycles. The fourth-order valence-corrected chi connectivity index (χ4v) is 2.98. The molecule has 0 spiro atoms. The first-order valence-electron chi connectivity index (χ1n) is 9.79. The zero-order chi connectivity index (χ0) is 19.6. The van der Waals surface area contributed by atoms with Crippen molar-refractivity contribution in [3.8, 4) is 0 Å². The van der Waals surface area contributed by atoms with Gasteiger partial charge in [0, 0.05) is 39.3 Å². The first kappa shape index (κ1) is 21.4. The molecule has 0 radical (unpaired) electrons. The summed E-state index contributed by atoms with van der Waals surface area (Å²) in [7, 11) is 0. The number of nitrogens with zero attached hydrogens (tertiary/aromatic N) is 3. The van der Waals surface area contributed by atoms with Crippen LogP contribution in [0.15, 0.2) is 29.3 Å². The Labute approximate surface area is 162 Å². The molecule has 7 heteroatoms. The largest absolute Gasteiger partial charge is 0.389 e. The molecular weight excluding hydrogens is 347 g/mol. The highest BCUT2D eigenvalue weighted by Crippen LogP contribution is 2.20. The zero-order valence-electron chi connectivity index (χ0n) is 16.7. The first-order valence-corrected chi connectivity index (χ1v) is 9.79. The van der Waals surface area contributed by atoms with E-state index in [0.717, 1.165) is 38.7 Å². The molecule has 1 atom stereocenters. The number of halogens is 1. The molecular formula is C20H33FN4O2. The summed E-state index contributed by atoms with van der Waals surface area (Å²) in [6.45, 7) is 11.1. The lowest BCUT2D eigenvalue weighted by Crippen LogP contribution is -2.53. The summed E-state index contributed by atoms with van der Waals surface area (Å²) < 4.78 is 19.5. The second-order valence-electron chi connectivity index (χ2n) is 7.21. The van der Waals surface area contributed by atoms with Crippen LogP contribution in [0.4, 0.5) is 10.1 Å². The lowest BCUT2D eigenvalue weighted by Gasteiger charge is -2.37. The molecule has 1 aromatic rings. The van der Waals surface area contributed by atoms with Crippen LogP contribution in [-0.2, 0) is 4.74 Å². The van der Waals surface area contributed by atoms with Gasteiger partial charge in [-0.05, 0) is 25.0 Å². The maximum atomic E-state index is 14.0. The van der Waals surface area contributed by atoms with Gasteiger partial charge in [0.25, 0.3) is 0 Å². The van der Waals surface area contributed by atoms with Gasteiger partial charge < -0.3 is 25.0 Å². The number of aliphatic hydroxyl groups excluding tert-OH is 1. The van der Waals surface area contributed by atoms with E-state index in [4.69, 9.17) is 4.74 Å². The third-order valence-corrected chi connectivity index (χ3v) is 4.32. The predicted octanol–water partition coefficient (Wildman–Crippen LogP) is 1.95. The highest BCUT2D eigenvalue weighted by molar-refractivity contribution is 5.80. The fraction of sp³-hybridized carbons (Fsp3) is 0.650. The normalized spacial score (nSPS) is 16.7. The average Bonchev–Trinajstić information content (AvgIpc) is 2.65. The van der Waals surface area contributed by atoms with Crippen molar-refractivity contribution >= 4 is 11.6 Å². The van der Waals surface area contributed by atoms with Gasteiger partial charge in [0.2, 0.25) is 0 Å². The van der Waals surface area contributed by atoms with Crippen molar-refractivity contribution in [2.75, 3.05) is 57.4 Å². The summed E-state index contributed by atoms with van der Waals surface area (Å²) in [5, 5.41) is 13.3. The van der Waals surface area contributed by atoms with E-state index in [1.54, 1.807) is 6.07 Å². The smallest absolute Gasteiger partial charge is 0.194 e. The number of aliphatic imine (C=N–C) groups is 1. The third kappa shape index (κ3) is 6.99. The van der Waals surface area contributed by atoms with Crippen LogP contribution in [0.5, 0.6) is 0 Å². The van der Waals surface area contributed by atoms with Crippen LogP contribution in [0.2, 0.25) is 0 Å². The standard InChI is InChI=1S/C20H33FN4O2/c1-4-22-20(23-13-17(26)15-27-14-16(2)3)25-11-9-24(10-12-25)19-8-6-5-7-18(19)21/h5-8,16-17,26H,4,9-15H2,1-3H3,(H,22,23). The maximum Gasteiger partial charge on any atom is 0.194 e. The number of guanidine groups is 1. The molecule has 152 valence electrons. The second-order valence-corrected chi connectivity index (χ2v) is 7.21. The summed E-state index contributed by atoms with van der Waals surface area (Å²) >= 11 is 0. The van der Waals surface area contributed by atoms with Gasteiger partial charge in [0.05, 0.1) is 24.9 Å². The molecule has 6 nitrogen and oxygen atoms in total. The second kappa shape index (κ2) is 11.1. The van der Waals surface area contributed by atoms with Gasteiger partial charge in [-0.25, -0.2) is 4.39 Å². The number of rotatable bonds is 8. The molecule has 1 unspecified atom stereocenters. The van der Waals surface area contributed by atoms with E-state index >= 15 is 0 Å². The van der Waals surface area contributed by atoms with E-state index in [2.05, 4.69) is 34.0 Å². The minimum atomic E-state index is -0.614. The molecule has 0 aromatic heterocycles. The van der Waals surface area contributed by atoms with E-state index in [1.165, 1.54) is 6.07 Å². The lowest BCUT2D eigenvalue weighted by atomic mass is 10.2. The Morgan fingerprint density at radius 1 is 1.22 bits per heavy atom. The maximum absolute atomic E-state index is 14.0. The molecule has 0 saturated carbocycles. The van der Waals surface area contributed by atoms with Gasteiger partial charge in [0.15, 0.2) is 5.96 Å². The van der Waals surface area contributed by atoms with Gasteiger partial charge in [0.1, 0.15) is 5.82 Å². The van der Waals surface area contributed by atoms with E-state index in [9.17, 15) is 9.50 Å². The molecule has 1 aliphatic heterocycles. The van der Waals surface area contributed by atoms with Crippen LogP contribution < -0.4 is 10.2 Å². The van der Waals surface area contributed by atoms with Crippen molar-refractivity contribution in [2.45, 2.75) is 26.9 Å². The minimum Gasteiger partial charge on any atom is -0.389 e. The molecule has 0 aliphatic carbocycles. The van der Waals surface area contributed by atoms with Crippen LogP contribution in [-0.4, -0.2) is 74.6 Å². The van der Waals surface area contributed by atoms with Crippen LogP contribution in [0.1, 0.15) is 20.8 Å². The monoisotopic (exact) mass is 380 g/mol. The topological polar surface area (TPSA) is 60.3 Å². The number of aliphatic hydroxyl groups is 1. The Morgan fingerprint density at radius 2 is 1.93 bits per heavy atom. The lowest BCUT2D eigenvalue weighted by molar-refractivity contribution is 0.0300. The number of piperazine rings is 1. The van der Waals surface area contributed by atoms with E-state index in [0.29, 0.717) is 31.4 Å². The van der Waals surface area contributed by atoms with Crippen molar-refractivity contribution in [1.82, 2.24) is 10.2 Å². The van der Waals surface area contributed by atoms with Crippen molar-refractivity contribution in [1.29, 1.82) is 0 Å². The molecule has 1 fully saturated rings. The SMILES string of the molecule is CCNC(=NCC(O)COCC(C)C)N1CCN(c2ccccc2F)CC1. The van der Waals surface area contributed by atoms with Crippen LogP contribution in [0.3, 0.4) is 0 Å². The summed E-state index contributed by atoms with van der Waals surface area (Å²) in [4.78, 5) is 8.77.